The van der Waals surface area contributed by atoms with E-state index in [1.54, 1.807) is 19.9 Å². The van der Waals surface area contributed by atoms with Crippen molar-refractivity contribution in [2.24, 2.45) is 11.8 Å². The Balaban J connectivity index is 1.57. The van der Waals surface area contributed by atoms with Crippen LogP contribution in [0.15, 0.2) is 35.9 Å². The van der Waals surface area contributed by atoms with Crippen molar-refractivity contribution < 1.29 is 27.8 Å². The highest BCUT2D eigenvalue weighted by molar-refractivity contribution is 5.80. The fourth-order valence-electron chi connectivity index (χ4n) is 6.27. The van der Waals surface area contributed by atoms with Gasteiger partial charge in [0.2, 0.25) is 0 Å². The molecule has 4 aliphatic rings. The molecule has 0 radical (unpaired) electrons. The number of alkyl halides is 3. The third-order valence-electron chi connectivity index (χ3n) is 7.45. The predicted molar refractivity (Wildman–Crippen MR) is 118 cm³/mol. The molecular weight excluding hydrogens is 433 g/mol. The third-order valence-corrected chi connectivity index (χ3v) is 7.45. The molecule has 0 saturated carbocycles. The number of allylic oxidation sites excluding steroid dienone is 2. The first-order valence-electron chi connectivity index (χ1n) is 11.7. The van der Waals surface area contributed by atoms with E-state index in [1.165, 1.54) is 11.0 Å². The van der Waals surface area contributed by atoms with Crippen LogP contribution in [0.3, 0.4) is 0 Å². The van der Waals surface area contributed by atoms with Gasteiger partial charge in [-0.1, -0.05) is 18.2 Å². The summed E-state index contributed by atoms with van der Waals surface area (Å²) in [6.45, 7) is 5.45. The van der Waals surface area contributed by atoms with E-state index >= 15 is 0 Å². The molecule has 3 aliphatic heterocycles. The quantitative estimate of drug-likeness (QED) is 0.664. The summed E-state index contributed by atoms with van der Waals surface area (Å²) in [6.07, 6.45) is 0.967. The molecule has 4 atom stereocenters. The summed E-state index contributed by atoms with van der Waals surface area (Å²) in [6, 6.07) is 4.65. The average molecular weight is 463 g/mol. The Morgan fingerprint density at radius 1 is 1.21 bits per heavy atom. The molecular formula is C25H29F3N2O3. The van der Waals surface area contributed by atoms with E-state index < -0.39 is 17.8 Å². The number of piperidine rings is 2. The Labute approximate surface area is 191 Å². The topological polar surface area (TPSA) is 53.0 Å². The second-order valence-electron chi connectivity index (χ2n) is 9.82. The number of nitrogens with zero attached hydrogens (tertiary/aromatic N) is 2. The van der Waals surface area contributed by atoms with Gasteiger partial charge >= 0.3 is 12.3 Å². The Morgan fingerprint density at radius 3 is 2.70 bits per heavy atom. The molecule has 2 unspecified atom stereocenters. The minimum Gasteiger partial charge on any atom is -0.491 e. The number of carboxylic acid groups (broad SMARTS) is 1. The fraction of sp³-hybridized carbons (Fsp3) is 0.560. The van der Waals surface area contributed by atoms with Crippen LogP contribution in [0.25, 0.3) is 5.57 Å². The number of ether oxygens (including phenoxy) is 1. The summed E-state index contributed by atoms with van der Waals surface area (Å²) < 4.78 is 47.7. The molecule has 5 rings (SSSR count). The summed E-state index contributed by atoms with van der Waals surface area (Å²) in [5, 5.41) is 9.53. The van der Waals surface area contributed by atoms with Gasteiger partial charge in [-0.2, -0.15) is 13.2 Å². The van der Waals surface area contributed by atoms with E-state index in [0.717, 1.165) is 37.4 Å². The van der Waals surface area contributed by atoms with Crippen molar-refractivity contribution in [2.45, 2.75) is 57.5 Å². The van der Waals surface area contributed by atoms with Crippen molar-refractivity contribution in [1.29, 1.82) is 0 Å². The second kappa shape index (κ2) is 8.08. The number of halogens is 3. The van der Waals surface area contributed by atoms with E-state index in [2.05, 4.69) is 4.90 Å². The highest BCUT2D eigenvalue weighted by Gasteiger charge is 2.52. The Morgan fingerprint density at radius 2 is 2.00 bits per heavy atom. The van der Waals surface area contributed by atoms with Crippen LogP contribution in [-0.4, -0.2) is 58.8 Å². The average Bonchev–Trinajstić information content (AvgIpc) is 3.07. The molecule has 33 heavy (non-hydrogen) atoms. The van der Waals surface area contributed by atoms with Gasteiger partial charge in [0.25, 0.3) is 0 Å². The van der Waals surface area contributed by atoms with Crippen LogP contribution in [0.5, 0.6) is 5.75 Å². The van der Waals surface area contributed by atoms with Crippen molar-refractivity contribution >= 4 is 11.7 Å². The molecule has 3 saturated heterocycles. The molecule has 8 heteroatoms. The first kappa shape index (κ1) is 22.3. The number of rotatable bonds is 3. The smallest absolute Gasteiger partial charge is 0.417 e. The van der Waals surface area contributed by atoms with Crippen LogP contribution < -0.4 is 4.74 Å². The molecule has 5 nitrogen and oxygen atoms in total. The van der Waals surface area contributed by atoms with Crippen molar-refractivity contribution in [1.82, 2.24) is 9.80 Å². The monoisotopic (exact) mass is 462 g/mol. The van der Waals surface area contributed by atoms with Crippen LogP contribution in [0, 0.1) is 11.8 Å². The lowest BCUT2D eigenvalue weighted by molar-refractivity contribution is -0.137. The van der Waals surface area contributed by atoms with Crippen molar-refractivity contribution in [3.63, 3.8) is 0 Å². The molecule has 178 valence electrons. The Bertz CT molecular complexity index is 1020. The molecule has 1 aliphatic carbocycles. The molecule has 3 heterocycles. The zero-order valence-electron chi connectivity index (χ0n) is 18.8. The number of fused-ring (bicyclic) bond motifs is 3. The SMILES string of the molecule is CC(C)Oc1ccc(C2=CC3CCCN4C3C(=C2)[C@@H]2CN(C(=O)O)CC[C@@H]24)c(C(F)(F)F)c1. The van der Waals surface area contributed by atoms with Gasteiger partial charge in [0.05, 0.1) is 11.7 Å². The number of hydrogen-bond acceptors (Lipinski definition) is 3. The summed E-state index contributed by atoms with van der Waals surface area (Å²) >= 11 is 0. The first-order valence-corrected chi connectivity index (χ1v) is 11.7. The van der Waals surface area contributed by atoms with Crippen molar-refractivity contribution in [3.05, 3.63) is 47.1 Å². The van der Waals surface area contributed by atoms with Crippen LogP contribution >= 0.6 is 0 Å². The predicted octanol–water partition coefficient (Wildman–Crippen LogP) is 5.28. The molecule has 1 N–H and O–H groups in total. The maximum absolute atomic E-state index is 14.1. The van der Waals surface area contributed by atoms with Gasteiger partial charge in [0.1, 0.15) is 5.75 Å². The van der Waals surface area contributed by atoms with Crippen molar-refractivity contribution in [2.75, 3.05) is 19.6 Å². The minimum atomic E-state index is -4.51. The van der Waals surface area contributed by atoms with Gasteiger partial charge in [-0.3, -0.25) is 4.90 Å². The lowest BCUT2D eigenvalue weighted by Crippen LogP contribution is -2.50. The molecule has 1 amide bonds. The van der Waals surface area contributed by atoms with Gasteiger partial charge in [0, 0.05) is 31.1 Å². The largest absolute Gasteiger partial charge is 0.491 e. The standard InChI is InChI=1S/C25H29F3N2O3/c1-14(2)33-17-5-6-18(21(12-17)25(26,27)28)16-10-15-4-3-8-30-22-7-9-29(24(31)32)13-20(22)19(11-16)23(15)30/h5-6,10-12,14-15,20,22-23H,3-4,7-9,13H2,1-2H3,(H,31,32)/t15?,20-,22-,23?/m0/s1. The molecule has 3 fully saturated rings. The fourth-order valence-corrected chi connectivity index (χ4v) is 6.27. The number of benzene rings is 1. The number of hydrogen-bond donors (Lipinski definition) is 1. The second-order valence-corrected chi connectivity index (χ2v) is 9.82. The third kappa shape index (κ3) is 3.92. The highest BCUT2D eigenvalue weighted by atomic mass is 19.4. The van der Waals surface area contributed by atoms with Crippen LogP contribution in [0.2, 0.25) is 0 Å². The van der Waals surface area contributed by atoms with Crippen molar-refractivity contribution in [3.8, 4) is 5.75 Å². The van der Waals surface area contributed by atoms with Gasteiger partial charge in [0.15, 0.2) is 0 Å². The van der Waals surface area contributed by atoms with Crippen LogP contribution in [0.1, 0.15) is 44.2 Å². The lowest BCUT2D eigenvalue weighted by atomic mass is 9.76. The van der Waals surface area contributed by atoms with Gasteiger partial charge < -0.3 is 14.7 Å². The van der Waals surface area contributed by atoms with E-state index in [1.807, 2.05) is 12.2 Å². The Kier molecular flexibility index (Phi) is 5.46. The van der Waals surface area contributed by atoms with E-state index in [0.29, 0.717) is 18.7 Å². The number of carbonyl (C=O) groups is 1. The molecule has 1 aromatic carbocycles. The minimum absolute atomic E-state index is 0.0297. The summed E-state index contributed by atoms with van der Waals surface area (Å²) in [7, 11) is 0. The summed E-state index contributed by atoms with van der Waals surface area (Å²) in [5.74, 6) is 0.379. The zero-order valence-corrected chi connectivity index (χ0v) is 18.8. The molecule has 0 aromatic heterocycles. The molecule has 0 spiro atoms. The van der Waals surface area contributed by atoms with Gasteiger partial charge in [-0.25, -0.2) is 4.79 Å². The zero-order chi connectivity index (χ0) is 23.5. The number of amides is 1. The van der Waals surface area contributed by atoms with Crippen LogP contribution in [-0.2, 0) is 6.18 Å². The molecule has 0 bridgehead atoms. The van der Waals surface area contributed by atoms with Crippen LogP contribution in [0.4, 0.5) is 18.0 Å². The maximum atomic E-state index is 14.1. The molecule has 1 aromatic rings. The highest BCUT2D eigenvalue weighted by Crippen LogP contribution is 2.50. The normalized spacial score (nSPS) is 29.3. The maximum Gasteiger partial charge on any atom is 0.417 e. The van der Waals surface area contributed by atoms with E-state index in [-0.39, 0.29) is 41.3 Å². The van der Waals surface area contributed by atoms with E-state index in [4.69, 9.17) is 4.74 Å². The Hall–Kier alpha value is -2.48. The van der Waals surface area contributed by atoms with E-state index in [9.17, 15) is 23.1 Å². The first-order chi connectivity index (χ1) is 15.6. The summed E-state index contributed by atoms with van der Waals surface area (Å²) in [5.41, 5.74) is 1.16. The van der Waals surface area contributed by atoms with Gasteiger partial charge in [-0.05, 0) is 74.4 Å². The lowest BCUT2D eigenvalue weighted by Gasteiger charge is -2.41. The number of likely N-dealkylation sites (tertiary alicyclic amines) is 1. The summed E-state index contributed by atoms with van der Waals surface area (Å²) in [4.78, 5) is 15.6. The van der Waals surface area contributed by atoms with Gasteiger partial charge in [-0.15, -0.1) is 0 Å².